The molecule has 1 aliphatic rings. The first-order valence-corrected chi connectivity index (χ1v) is 12.6. The summed E-state index contributed by atoms with van der Waals surface area (Å²) in [5, 5.41) is 12.2. The maximum atomic E-state index is 13.5. The van der Waals surface area contributed by atoms with E-state index in [1.165, 1.54) is 6.07 Å². The molecule has 1 fully saturated rings. The van der Waals surface area contributed by atoms with E-state index in [0.717, 1.165) is 47.4 Å². The number of carbonyl (C=O) groups is 1. The predicted octanol–water partition coefficient (Wildman–Crippen LogP) is 5.55. The number of piperazine rings is 1. The normalized spacial score (nSPS) is 15.0. The van der Waals surface area contributed by atoms with E-state index in [1.807, 2.05) is 65.7 Å². The van der Waals surface area contributed by atoms with E-state index in [4.69, 9.17) is 4.74 Å². The second kappa shape index (κ2) is 10.8. The number of fused-ring (bicyclic) bond motifs is 1. The smallest absolute Gasteiger partial charge is 0.270 e. The SMILES string of the molecule is CCN1CCN(C(=O)CC(c2cccc(Oc3ccccc3)c2)c2c[nH]c3ccc([N+](=O)[O-])cc23)CC1. The number of nitro benzene ring substituents is 1. The van der Waals surface area contributed by atoms with Gasteiger partial charge in [-0.05, 0) is 48.0 Å². The third-order valence-corrected chi connectivity index (χ3v) is 7.07. The molecule has 1 amide bonds. The zero-order valence-electron chi connectivity index (χ0n) is 20.8. The molecule has 4 aromatic rings. The van der Waals surface area contributed by atoms with Crippen molar-refractivity contribution in [2.24, 2.45) is 0 Å². The topological polar surface area (TPSA) is 91.7 Å². The summed E-state index contributed by atoms with van der Waals surface area (Å²) in [4.78, 5) is 32.1. The molecule has 1 N–H and O–H groups in total. The Hall–Kier alpha value is -4.17. The Morgan fingerprint density at radius 1 is 1.00 bits per heavy atom. The minimum atomic E-state index is -0.391. The summed E-state index contributed by atoms with van der Waals surface area (Å²) in [6.45, 7) is 6.26. The molecular formula is C29H30N4O4. The van der Waals surface area contributed by atoms with Gasteiger partial charge in [0.1, 0.15) is 11.5 Å². The number of ether oxygens (including phenoxy) is 1. The lowest BCUT2D eigenvalue weighted by Gasteiger charge is -2.35. The van der Waals surface area contributed by atoms with Gasteiger partial charge in [0.15, 0.2) is 0 Å². The van der Waals surface area contributed by atoms with Crippen LogP contribution < -0.4 is 4.74 Å². The highest BCUT2D eigenvalue weighted by molar-refractivity contribution is 5.87. The third kappa shape index (κ3) is 5.49. The molecule has 190 valence electrons. The zero-order valence-corrected chi connectivity index (χ0v) is 20.8. The molecule has 3 aromatic carbocycles. The van der Waals surface area contributed by atoms with Gasteiger partial charge in [0.2, 0.25) is 5.91 Å². The average molecular weight is 499 g/mol. The fourth-order valence-corrected chi connectivity index (χ4v) is 4.98. The van der Waals surface area contributed by atoms with Crippen LogP contribution in [0.2, 0.25) is 0 Å². The number of benzene rings is 3. The maximum absolute atomic E-state index is 13.5. The Morgan fingerprint density at radius 3 is 2.49 bits per heavy atom. The predicted molar refractivity (Wildman–Crippen MR) is 143 cm³/mol. The number of nitro groups is 1. The van der Waals surface area contributed by atoms with E-state index in [-0.39, 0.29) is 23.9 Å². The minimum Gasteiger partial charge on any atom is -0.457 e. The van der Waals surface area contributed by atoms with E-state index < -0.39 is 4.92 Å². The van der Waals surface area contributed by atoms with Crippen LogP contribution in [0.15, 0.2) is 79.0 Å². The van der Waals surface area contributed by atoms with Gasteiger partial charge in [-0.1, -0.05) is 37.3 Å². The Labute approximate surface area is 215 Å². The van der Waals surface area contributed by atoms with Crippen LogP contribution in [-0.2, 0) is 4.79 Å². The number of nitrogens with zero attached hydrogens (tertiary/aromatic N) is 3. The van der Waals surface area contributed by atoms with Crippen LogP contribution in [0.5, 0.6) is 11.5 Å². The van der Waals surface area contributed by atoms with Gasteiger partial charge < -0.3 is 19.5 Å². The van der Waals surface area contributed by atoms with Crippen molar-refractivity contribution in [2.45, 2.75) is 19.3 Å². The van der Waals surface area contributed by atoms with Crippen LogP contribution >= 0.6 is 0 Å². The van der Waals surface area contributed by atoms with Gasteiger partial charge in [0.05, 0.1) is 4.92 Å². The number of H-pyrrole nitrogens is 1. The van der Waals surface area contributed by atoms with Crippen LogP contribution in [0.25, 0.3) is 10.9 Å². The molecule has 0 bridgehead atoms. The quantitative estimate of drug-likeness (QED) is 0.254. The van der Waals surface area contributed by atoms with Crippen LogP contribution in [0, 0.1) is 10.1 Å². The second-order valence-corrected chi connectivity index (χ2v) is 9.29. The molecule has 1 saturated heterocycles. The number of likely N-dealkylation sites (N-methyl/N-ethyl adjacent to an activating group) is 1. The molecule has 2 heterocycles. The Kier molecular flexibility index (Phi) is 7.18. The lowest BCUT2D eigenvalue weighted by Crippen LogP contribution is -2.48. The molecule has 0 radical (unpaired) electrons. The highest BCUT2D eigenvalue weighted by Crippen LogP contribution is 2.37. The maximum Gasteiger partial charge on any atom is 0.270 e. The third-order valence-electron chi connectivity index (χ3n) is 7.07. The lowest BCUT2D eigenvalue weighted by atomic mass is 9.87. The molecule has 0 aliphatic carbocycles. The van der Waals surface area contributed by atoms with Crippen molar-refractivity contribution >= 4 is 22.5 Å². The molecule has 5 rings (SSSR count). The first-order chi connectivity index (χ1) is 18.0. The number of rotatable bonds is 8. The van der Waals surface area contributed by atoms with Gasteiger partial charge in [-0.15, -0.1) is 0 Å². The van der Waals surface area contributed by atoms with Crippen molar-refractivity contribution in [1.29, 1.82) is 0 Å². The van der Waals surface area contributed by atoms with Gasteiger partial charge in [0, 0.05) is 67.8 Å². The molecule has 1 atom stereocenters. The molecule has 37 heavy (non-hydrogen) atoms. The van der Waals surface area contributed by atoms with Crippen molar-refractivity contribution in [3.05, 3.63) is 100 Å². The molecule has 8 heteroatoms. The highest BCUT2D eigenvalue weighted by atomic mass is 16.6. The minimum absolute atomic E-state index is 0.0234. The van der Waals surface area contributed by atoms with Gasteiger partial charge in [-0.25, -0.2) is 0 Å². The lowest BCUT2D eigenvalue weighted by molar-refractivity contribution is -0.384. The number of aromatic amines is 1. The number of hydrogen-bond donors (Lipinski definition) is 1. The van der Waals surface area contributed by atoms with E-state index in [0.29, 0.717) is 18.8 Å². The van der Waals surface area contributed by atoms with Crippen molar-refractivity contribution in [1.82, 2.24) is 14.8 Å². The molecule has 8 nitrogen and oxygen atoms in total. The van der Waals surface area contributed by atoms with Crippen molar-refractivity contribution in [3.8, 4) is 11.5 Å². The van der Waals surface area contributed by atoms with Crippen molar-refractivity contribution in [2.75, 3.05) is 32.7 Å². The molecule has 0 saturated carbocycles. The average Bonchev–Trinajstić information content (AvgIpc) is 3.35. The van der Waals surface area contributed by atoms with E-state index >= 15 is 0 Å². The molecule has 1 unspecified atom stereocenters. The number of aromatic nitrogens is 1. The Balaban J connectivity index is 1.50. The summed E-state index contributed by atoms with van der Waals surface area (Å²) in [6.07, 6.45) is 2.13. The van der Waals surface area contributed by atoms with Gasteiger partial charge >= 0.3 is 0 Å². The summed E-state index contributed by atoms with van der Waals surface area (Å²) >= 11 is 0. The van der Waals surface area contributed by atoms with Crippen molar-refractivity contribution in [3.63, 3.8) is 0 Å². The fourth-order valence-electron chi connectivity index (χ4n) is 4.98. The summed E-state index contributed by atoms with van der Waals surface area (Å²) in [5.41, 5.74) is 2.60. The Morgan fingerprint density at radius 2 is 1.76 bits per heavy atom. The molecule has 1 aromatic heterocycles. The number of amides is 1. The van der Waals surface area contributed by atoms with Crippen LogP contribution in [0.4, 0.5) is 5.69 Å². The zero-order chi connectivity index (χ0) is 25.8. The van der Waals surface area contributed by atoms with E-state index in [1.54, 1.807) is 12.1 Å². The summed E-state index contributed by atoms with van der Waals surface area (Å²) in [7, 11) is 0. The van der Waals surface area contributed by atoms with E-state index in [2.05, 4.69) is 16.8 Å². The standard InChI is InChI=1S/C29H30N4O4/c1-2-31-13-15-32(16-14-31)29(34)19-25(27-20-30-28-12-11-22(33(35)36)18-26(27)28)21-7-6-10-24(17-21)37-23-8-4-3-5-9-23/h3-12,17-18,20,25,30H,2,13-16,19H2,1H3. The summed E-state index contributed by atoms with van der Waals surface area (Å²) < 4.78 is 6.07. The number of para-hydroxylation sites is 1. The van der Waals surface area contributed by atoms with Gasteiger partial charge in [0.25, 0.3) is 5.69 Å². The highest BCUT2D eigenvalue weighted by Gasteiger charge is 2.27. The molecule has 0 spiro atoms. The second-order valence-electron chi connectivity index (χ2n) is 9.29. The first-order valence-electron chi connectivity index (χ1n) is 12.6. The van der Waals surface area contributed by atoms with Crippen molar-refractivity contribution < 1.29 is 14.5 Å². The van der Waals surface area contributed by atoms with Gasteiger partial charge in [-0.3, -0.25) is 14.9 Å². The van der Waals surface area contributed by atoms with Crippen LogP contribution in [0.1, 0.15) is 30.4 Å². The summed E-state index contributed by atoms with van der Waals surface area (Å²) in [6, 6.07) is 22.1. The molecule has 1 aliphatic heterocycles. The Bertz CT molecular complexity index is 1390. The molecular weight excluding hydrogens is 468 g/mol. The number of hydrogen-bond acceptors (Lipinski definition) is 5. The monoisotopic (exact) mass is 498 g/mol. The largest absolute Gasteiger partial charge is 0.457 e. The van der Waals surface area contributed by atoms with Crippen LogP contribution in [0.3, 0.4) is 0 Å². The number of non-ortho nitro benzene ring substituents is 1. The van der Waals surface area contributed by atoms with Crippen LogP contribution in [-0.4, -0.2) is 58.3 Å². The van der Waals surface area contributed by atoms with Gasteiger partial charge in [-0.2, -0.15) is 0 Å². The first kappa shape index (κ1) is 24.5. The fraction of sp³-hybridized carbons (Fsp3) is 0.276. The number of carbonyl (C=O) groups excluding carboxylic acids is 1. The summed E-state index contributed by atoms with van der Waals surface area (Å²) in [5.74, 6) is 1.18. The number of nitrogens with one attached hydrogen (secondary N) is 1. The van der Waals surface area contributed by atoms with E-state index in [9.17, 15) is 14.9 Å².